The van der Waals surface area contributed by atoms with Crippen LogP contribution in [0.5, 0.6) is 46.0 Å². The summed E-state index contributed by atoms with van der Waals surface area (Å²) in [6.07, 6.45) is 7.68. The highest BCUT2D eigenvalue weighted by Gasteiger charge is 2.38. The first kappa shape index (κ1) is 57.0. The molecular formula is C60H80O12. The van der Waals surface area contributed by atoms with Gasteiger partial charge in [-0.2, -0.15) is 0 Å². The number of phenolic OH excluding ortho intramolecular Hbond substituents is 8. The van der Waals surface area contributed by atoms with Crippen LogP contribution in [0.2, 0.25) is 0 Å². The molecule has 0 heterocycles. The molecule has 12 heteroatoms. The molecule has 0 unspecified atom stereocenters. The summed E-state index contributed by atoms with van der Waals surface area (Å²) >= 11 is 0. The molecule has 1 aliphatic carbocycles. The van der Waals surface area contributed by atoms with Crippen molar-refractivity contribution in [1.29, 1.82) is 0 Å². The van der Waals surface area contributed by atoms with Gasteiger partial charge in [-0.15, -0.1) is 26.3 Å². The quantitative estimate of drug-likeness (QED) is 0.0244. The summed E-state index contributed by atoms with van der Waals surface area (Å²) in [7, 11) is 0. The van der Waals surface area contributed by atoms with E-state index in [4.69, 9.17) is 18.9 Å². The zero-order chi connectivity index (χ0) is 53.1. The molecule has 392 valence electrons. The Morgan fingerprint density at radius 2 is 0.486 bits per heavy atom. The number of rotatable bonds is 24. The third-order valence-corrected chi connectivity index (χ3v) is 13.5. The van der Waals surface area contributed by atoms with Crippen molar-refractivity contribution in [3.05, 3.63) is 142 Å². The topological polar surface area (TPSA) is 199 Å². The average Bonchev–Trinajstić information content (AvgIpc) is 3.31. The Bertz CT molecular complexity index is 2090. The summed E-state index contributed by atoms with van der Waals surface area (Å²) < 4.78 is 23.9. The Morgan fingerprint density at radius 3 is 0.611 bits per heavy atom. The van der Waals surface area contributed by atoms with E-state index in [9.17, 15) is 40.9 Å². The molecule has 0 saturated carbocycles. The largest absolute Gasteiger partial charge is 0.507 e. The van der Waals surface area contributed by atoms with Crippen molar-refractivity contribution in [1.82, 2.24) is 0 Å². The highest BCUT2D eigenvalue weighted by Crippen LogP contribution is 2.56. The molecule has 0 atom stereocenters. The summed E-state index contributed by atoms with van der Waals surface area (Å²) in [6, 6.07) is 6.95. The van der Waals surface area contributed by atoms with Crippen LogP contribution in [0.3, 0.4) is 0 Å². The van der Waals surface area contributed by atoms with Gasteiger partial charge in [0.1, 0.15) is 46.0 Å². The molecule has 0 fully saturated rings. The van der Waals surface area contributed by atoms with E-state index < -0.39 is 23.7 Å². The monoisotopic (exact) mass is 993 g/mol. The number of ether oxygens (including phenoxy) is 4. The normalized spacial score (nSPS) is 16.7. The maximum Gasteiger partial charge on any atom is 0.128 e. The molecule has 4 aromatic rings. The minimum atomic E-state index is -0.804. The van der Waals surface area contributed by atoms with Crippen molar-refractivity contribution >= 4 is 0 Å². The second-order valence-corrected chi connectivity index (χ2v) is 20.9. The molecule has 0 aliphatic heterocycles. The maximum atomic E-state index is 12.6. The standard InChI is InChI=1S/C60H80O12/c1-13-17-69-29-49-53(61)41-25-42(54(49)62)38(22-34(7)8)44-27-46(58(66)51(56(44)64)31-71-19-15-3)40(24-36(11)12)48-28-47(59(67)52(60(48)68)32-72-20-16-4)39(23-35(9)10)45-26-43(37(41)21-33(5)6)55(63)50(57(45)65)30-70-18-14-2/h13-16,25-28,33-40,61-68H,1-4,17-24,29-32H2,5-12H3. The van der Waals surface area contributed by atoms with E-state index in [1.807, 2.05) is 55.4 Å². The number of benzene rings is 4. The molecule has 8 bridgehead atoms. The van der Waals surface area contributed by atoms with Crippen molar-refractivity contribution in [3.63, 3.8) is 0 Å². The van der Waals surface area contributed by atoms with Gasteiger partial charge < -0.3 is 59.8 Å². The molecule has 0 saturated heterocycles. The minimum Gasteiger partial charge on any atom is -0.507 e. The molecule has 0 aromatic heterocycles. The van der Waals surface area contributed by atoms with Crippen LogP contribution in [0.25, 0.3) is 0 Å². The van der Waals surface area contributed by atoms with Gasteiger partial charge in [0.25, 0.3) is 0 Å². The molecule has 72 heavy (non-hydrogen) atoms. The van der Waals surface area contributed by atoms with Crippen LogP contribution >= 0.6 is 0 Å². The molecule has 0 radical (unpaired) electrons. The molecule has 8 N–H and O–H groups in total. The molecule has 4 aromatic carbocycles. The van der Waals surface area contributed by atoms with Crippen LogP contribution in [0.1, 0.15) is 172 Å². The zero-order valence-corrected chi connectivity index (χ0v) is 43.8. The molecule has 1 aliphatic rings. The SMILES string of the molecule is C=CCOCc1c(O)c2cc(c1O)C(CC(C)C)c1cc(c(O)c(COCC=C)c1O)C(CC(C)C)c1cc(c(O)c(COCC=C)c1O)C(CC(C)C)c1cc(c(O)c(COCC=C)c1O)C2CC(C)C. The predicted octanol–water partition coefficient (Wildman–Crippen LogP) is 13.2. The lowest BCUT2D eigenvalue weighted by atomic mass is 9.73. The average molecular weight is 993 g/mol. The van der Waals surface area contributed by atoms with E-state index in [1.165, 1.54) is 0 Å². The Balaban J connectivity index is 2.18. The lowest BCUT2D eigenvalue weighted by Gasteiger charge is -2.32. The Labute approximate surface area is 427 Å². The van der Waals surface area contributed by atoms with Crippen molar-refractivity contribution in [2.45, 2.75) is 131 Å². The number of phenols is 8. The van der Waals surface area contributed by atoms with Gasteiger partial charge in [-0.3, -0.25) is 0 Å². The number of hydrogen-bond acceptors (Lipinski definition) is 12. The fourth-order valence-electron chi connectivity index (χ4n) is 10.3. The highest BCUT2D eigenvalue weighted by molar-refractivity contribution is 5.67. The van der Waals surface area contributed by atoms with Gasteiger partial charge in [0.05, 0.1) is 75.1 Å². The number of fused-ring (bicyclic) bond motifs is 8. The summed E-state index contributed by atoms with van der Waals surface area (Å²) in [5.74, 6) is -5.49. The van der Waals surface area contributed by atoms with Crippen LogP contribution < -0.4 is 0 Å². The third kappa shape index (κ3) is 12.6. The van der Waals surface area contributed by atoms with Crippen LogP contribution in [0.4, 0.5) is 0 Å². The number of hydrogen-bond donors (Lipinski definition) is 8. The molecule has 0 spiro atoms. The van der Waals surface area contributed by atoms with Crippen molar-refractivity contribution in [2.24, 2.45) is 23.7 Å². The molecular weight excluding hydrogens is 913 g/mol. The van der Waals surface area contributed by atoms with Crippen molar-refractivity contribution < 1.29 is 59.8 Å². The Hall–Kier alpha value is -5.92. The van der Waals surface area contributed by atoms with Gasteiger partial charge in [-0.25, -0.2) is 0 Å². The van der Waals surface area contributed by atoms with Gasteiger partial charge in [0, 0.05) is 68.2 Å². The van der Waals surface area contributed by atoms with Gasteiger partial charge in [0.2, 0.25) is 0 Å². The van der Waals surface area contributed by atoms with Gasteiger partial charge in [-0.1, -0.05) is 79.7 Å². The Kier molecular flexibility index (Phi) is 20.3. The highest BCUT2D eigenvalue weighted by atomic mass is 16.5. The van der Waals surface area contributed by atoms with E-state index in [0.717, 1.165) is 0 Å². The zero-order valence-electron chi connectivity index (χ0n) is 43.8. The summed E-state index contributed by atoms with van der Waals surface area (Å²) in [5.41, 5.74) is 3.13. The first-order valence-corrected chi connectivity index (χ1v) is 25.3. The second-order valence-electron chi connectivity index (χ2n) is 20.9. The number of aromatic hydroxyl groups is 8. The van der Waals surface area contributed by atoms with E-state index in [-0.39, 0.29) is 145 Å². The fraction of sp³-hybridized carbons (Fsp3) is 0.467. The van der Waals surface area contributed by atoms with E-state index in [2.05, 4.69) is 26.3 Å². The lowest BCUT2D eigenvalue weighted by Crippen LogP contribution is -2.16. The third-order valence-electron chi connectivity index (χ3n) is 13.5. The van der Waals surface area contributed by atoms with Crippen LogP contribution in [0.15, 0.2) is 74.9 Å². The van der Waals surface area contributed by atoms with Crippen LogP contribution in [-0.2, 0) is 45.4 Å². The van der Waals surface area contributed by atoms with E-state index in [1.54, 1.807) is 48.6 Å². The summed E-state index contributed by atoms with van der Waals surface area (Å²) in [5, 5.41) is 101. The maximum absolute atomic E-state index is 12.6. The molecule has 0 amide bonds. The second kappa shape index (κ2) is 25.6. The lowest BCUT2D eigenvalue weighted by molar-refractivity contribution is 0.144. The van der Waals surface area contributed by atoms with E-state index in [0.29, 0.717) is 70.2 Å². The van der Waals surface area contributed by atoms with Crippen LogP contribution in [-0.4, -0.2) is 67.3 Å². The van der Waals surface area contributed by atoms with Crippen LogP contribution in [0, 0.1) is 23.7 Å². The smallest absolute Gasteiger partial charge is 0.128 e. The van der Waals surface area contributed by atoms with Crippen molar-refractivity contribution in [3.8, 4) is 46.0 Å². The fourth-order valence-corrected chi connectivity index (χ4v) is 10.3. The molecule has 5 rings (SSSR count). The van der Waals surface area contributed by atoms with Gasteiger partial charge in [0.15, 0.2) is 0 Å². The summed E-state index contributed by atoms with van der Waals surface area (Å²) in [6.45, 7) is 30.8. The molecule has 12 nitrogen and oxygen atoms in total. The van der Waals surface area contributed by atoms with E-state index >= 15 is 0 Å². The predicted molar refractivity (Wildman–Crippen MR) is 284 cm³/mol. The van der Waals surface area contributed by atoms with Gasteiger partial charge in [-0.05, 0) is 73.6 Å². The summed E-state index contributed by atoms with van der Waals surface area (Å²) in [4.78, 5) is 0. The Morgan fingerprint density at radius 1 is 0.333 bits per heavy atom. The minimum absolute atomic E-state index is 0.0469. The van der Waals surface area contributed by atoms with Gasteiger partial charge >= 0.3 is 0 Å². The first-order valence-electron chi connectivity index (χ1n) is 25.3. The first-order chi connectivity index (χ1) is 34.2. The van der Waals surface area contributed by atoms with Crippen molar-refractivity contribution in [2.75, 3.05) is 26.4 Å².